The summed E-state index contributed by atoms with van der Waals surface area (Å²) in [7, 11) is 0. The lowest BCUT2D eigenvalue weighted by Gasteiger charge is -2.19. The number of aromatic nitrogens is 1. The molecule has 7 heteroatoms. The largest absolute Gasteiger partial charge is 0.376 e. The molecule has 6 nitrogen and oxygen atoms in total. The average molecular weight is 323 g/mol. The van der Waals surface area contributed by atoms with Crippen LogP contribution in [0.1, 0.15) is 38.3 Å². The molecule has 2 aliphatic heterocycles. The zero-order valence-corrected chi connectivity index (χ0v) is 13.5. The molecule has 0 aromatic carbocycles. The lowest BCUT2D eigenvalue weighted by molar-refractivity contribution is -0.122. The van der Waals surface area contributed by atoms with E-state index >= 15 is 0 Å². The Hall–Kier alpha value is -1.47. The zero-order valence-electron chi connectivity index (χ0n) is 12.7. The Labute approximate surface area is 133 Å². The summed E-state index contributed by atoms with van der Waals surface area (Å²) in [6.07, 6.45) is 3.90. The third-order valence-corrected chi connectivity index (χ3v) is 5.01. The monoisotopic (exact) mass is 323 g/mol. The second-order valence-electron chi connectivity index (χ2n) is 5.85. The number of ether oxygens (including phenoxy) is 1. The Morgan fingerprint density at radius 3 is 3.14 bits per heavy atom. The van der Waals surface area contributed by atoms with E-state index in [9.17, 15) is 9.59 Å². The van der Waals surface area contributed by atoms with Crippen molar-refractivity contribution in [2.75, 3.05) is 18.1 Å². The summed E-state index contributed by atoms with van der Waals surface area (Å²) < 4.78 is 5.58. The minimum Gasteiger partial charge on any atom is -0.376 e. The molecule has 2 atom stereocenters. The fourth-order valence-electron chi connectivity index (χ4n) is 2.91. The van der Waals surface area contributed by atoms with Gasteiger partial charge in [-0.3, -0.25) is 14.5 Å². The van der Waals surface area contributed by atoms with Gasteiger partial charge in [0.15, 0.2) is 5.13 Å². The van der Waals surface area contributed by atoms with Crippen LogP contribution in [0.4, 0.5) is 5.13 Å². The minimum atomic E-state index is -0.0485. The first-order valence-corrected chi connectivity index (χ1v) is 8.67. The maximum atomic E-state index is 12.1. The van der Waals surface area contributed by atoms with Gasteiger partial charge in [-0.1, -0.05) is 0 Å². The van der Waals surface area contributed by atoms with Gasteiger partial charge in [-0.2, -0.15) is 0 Å². The minimum absolute atomic E-state index is 0.0215. The van der Waals surface area contributed by atoms with Crippen LogP contribution in [0.25, 0.3) is 0 Å². The lowest BCUT2D eigenvalue weighted by Crippen LogP contribution is -2.41. The Morgan fingerprint density at radius 1 is 1.59 bits per heavy atom. The summed E-state index contributed by atoms with van der Waals surface area (Å²) >= 11 is 1.43. The number of thiazole rings is 1. The molecule has 22 heavy (non-hydrogen) atoms. The van der Waals surface area contributed by atoms with Crippen LogP contribution in [0, 0.1) is 0 Å². The van der Waals surface area contributed by atoms with Gasteiger partial charge < -0.3 is 10.1 Å². The summed E-state index contributed by atoms with van der Waals surface area (Å²) in [5.74, 6) is 0.0740. The Kier molecular flexibility index (Phi) is 4.73. The highest BCUT2D eigenvalue weighted by Gasteiger charge is 2.26. The van der Waals surface area contributed by atoms with Crippen LogP contribution in [-0.2, 0) is 20.7 Å². The molecule has 3 rings (SSSR count). The molecule has 0 spiro atoms. The topological polar surface area (TPSA) is 71.5 Å². The van der Waals surface area contributed by atoms with Crippen molar-refractivity contribution in [1.82, 2.24) is 10.3 Å². The van der Waals surface area contributed by atoms with Crippen molar-refractivity contribution in [2.24, 2.45) is 0 Å². The maximum Gasteiger partial charge on any atom is 0.228 e. The average Bonchev–Trinajstić information content (AvgIpc) is 3.18. The molecular formula is C15H21N3O3S. The zero-order chi connectivity index (χ0) is 15.5. The van der Waals surface area contributed by atoms with E-state index in [2.05, 4.69) is 10.3 Å². The van der Waals surface area contributed by atoms with Crippen LogP contribution in [0.2, 0.25) is 0 Å². The van der Waals surface area contributed by atoms with Crippen LogP contribution >= 0.6 is 11.3 Å². The number of carbonyl (C=O) groups is 2. The molecule has 0 radical (unpaired) electrons. The molecule has 0 unspecified atom stereocenters. The summed E-state index contributed by atoms with van der Waals surface area (Å²) in [5, 5.41) is 5.54. The van der Waals surface area contributed by atoms with Crippen molar-refractivity contribution in [3.8, 4) is 0 Å². The first-order chi connectivity index (χ1) is 10.6. The first kappa shape index (κ1) is 15.4. The highest BCUT2D eigenvalue weighted by Crippen LogP contribution is 2.25. The number of anilines is 1. The SMILES string of the molecule is C[C@@H](NC(=O)Cc1csc(N2CCCC2=O)n1)[C@@H]1CCCO1. The molecule has 1 aromatic heterocycles. The fraction of sp³-hybridized carbons (Fsp3) is 0.667. The standard InChI is InChI=1S/C15H21N3O3S/c1-10(12-4-3-7-21-12)16-13(19)8-11-9-22-15(17-11)18-6-2-5-14(18)20/h9-10,12H,2-8H2,1H3,(H,16,19)/t10-,12+/m1/s1. The van der Waals surface area contributed by atoms with Crippen molar-refractivity contribution < 1.29 is 14.3 Å². The van der Waals surface area contributed by atoms with Gasteiger partial charge in [0, 0.05) is 25.0 Å². The van der Waals surface area contributed by atoms with E-state index in [1.807, 2.05) is 12.3 Å². The van der Waals surface area contributed by atoms with Crippen LogP contribution in [0.5, 0.6) is 0 Å². The van der Waals surface area contributed by atoms with Gasteiger partial charge in [0.25, 0.3) is 0 Å². The summed E-state index contributed by atoms with van der Waals surface area (Å²) in [6.45, 7) is 3.49. The summed E-state index contributed by atoms with van der Waals surface area (Å²) in [6, 6.07) is 0.0215. The molecule has 2 fully saturated rings. The summed E-state index contributed by atoms with van der Waals surface area (Å²) in [5.41, 5.74) is 0.719. The second-order valence-corrected chi connectivity index (χ2v) is 6.69. The third kappa shape index (κ3) is 3.47. The highest BCUT2D eigenvalue weighted by molar-refractivity contribution is 7.14. The van der Waals surface area contributed by atoms with E-state index in [1.165, 1.54) is 11.3 Å². The smallest absolute Gasteiger partial charge is 0.228 e. The number of rotatable bonds is 5. The Balaban J connectivity index is 1.53. The van der Waals surface area contributed by atoms with E-state index in [4.69, 9.17) is 4.74 Å². The van der Waals surface area contributed by atoms with Crippen molar-refractivity contribution in [1.29, 1.82) is 0 Å². The predicted octanol–water partition coefficient (Wildman–Crippen LogP) is 1.50. The molecule has 0 bridgehead atoms. The first-order valence-electron chi connectivity index (χ1n) is 7.79. The van der Waals surface area contributed by atoms with Gasteiger partial charge in [-0.05, 0) is 26.2 Å². The van der Waals surface area contributed by atoms with Crippen LogP contribution in [-0.4, -0.2) is 42.1 Å². The Morgan fingerprint density at radius 2 is 2.45 bits per heavy atom. The van der Waals surface area contributed by atoms with Gasteiger partial charge in [-0.25, -0.2) is 4.98 Å². The van der Waals surface area contributed by atoms with Crippen LogP contribution in [0.3, 0.4) is 0 Å². The highest BCUT2D eigenvalue weighted by atomic mass is 32.1. The number of amides is 2. The third-order valence-electron chi connectivity index (χ3n) is 4.10. The molecule has 2 aliphatic rings. The molecule has 1 aromatic rings. The van der Waals surface area contributed by atoms with Crippen molar-refractivity contribution in [3.05, 3.63) is 11.1 Å². The van der Waals surface area contributed by atoms with Gasteiger partial charge in [0.1, 0.15) is 0 Å². The predicted molar refractivity (Wildman–Crippen MR) is 84.0 cm³/mol. The molecule has 0 aliphatic carbocycles. The van der Waals surface area contributed by atoms with E-state index in [0.717, 1.165) is 38.1 Å². The maximum absolute atomic E-state index is 12.1. The normalized spacial score (nSPS) is 23.0. The van der Waals surface area contributed by atoms with E-state index in [-0.39, 0.29) is 30.4 Å². The van der Waals surface area contributed by atoms with Crippen molar-refractivity contribution >= 4 is 28.3 Å². The molecule has 120 valence electrons. The van der Waals surface area contributed by atoms with Gasteiger partial charge in [-0.15, -0.1) is 11.3 Å². The molecule has 2 amide bonds. The molecule has 1 N–H and O–H groups in total. The number of nitrogens with one attached hydrogen (secondary N) is 1. The number of hydrogen-bond donors (Lipinski definition) is 1. The molecule has 3 heterocycles. The molecule has 2 saturated heterocycles. The Bertz CT molecular complexity index is 554. The van der Waals surface area contributed by atoms with Crippen LogP contribution in [0.15, 0.2) is 5.38 Å². The number of nitrogens with zero attached hydrogens (tertiary/aromatic N) is 2. The van der Waals surface area contributed by atoms with Gasteiger partial charge in [0.2, 0.25) is 11.8 Å². The summed E-state index contributed by atoms with van der Waals surface area (Å²) in [4.78, 5) is 29.9. The van der Waals surface area contributed by atoms with E-state index < -0.39 is 0 Å². The quantitative estimate of drug-likeness (QED) is 0.891. The molecular weight excluding hydrogens is 302 g/mol. The van der Waals surface area contributed by atoms with Crippen molar-refractivity contribution in [2.45, 2.75) is 51.2 Å². The van der Waals surface area contributed by atoms with Gasteiger partial charge in [0.05, 0.1) is 24.3 Å². The number of carbonyl (C=O) groups excluding carboxylic acids is 2. The van der Waals surface area contributed by atoms with E-state index in [0.29, 0.717) is 11.6 Å². The van der Waals surface area contributed by atoms with Crippen molar-refractivity contribution in [3.63, 3.8) is 0 Å². The van der Waals surface area contributed by atoms with Gasteiger partial charge >= 0.3 is 0 Å². The second kappa shape index (κ2) is 6.75. The van der Waals surface area contributed by atoms with Crippen LogP contribution < -0.4 is 10.2 Å². The fourth-order valence-corrected chi connectivity index (χ4v) is 3.78. The number of hydrogen-bond acceptors (Lipinski definition) is 5. The molecule has 0 saturated carbocycles. The van der Waals surface area contributed by atoms with E-state index in [1.54, 1.807) is 4.90 Å². The lowest BCUT2D eigenvalue weighted by atomic mass is 10.1.